The van der Waals surface area contributed by atoms with E-state index in [1.807, 2.05) is 24.4 Å². The zero-order chi connectivity index (χ0) is 16.8. The average Bonchev–Trinajstić information content (AvgIpc) is 3.04. The fourth-order valence-electron chi connectivity index (χ4n) is 3.06. The van der Waals surface area contributed by atoms with E-state index in [1.54, 1.807) is 24.2 Å². The number of carbonyl (C=O) groups excluding carboxylic acids is 1. The van der Waals surface area contributed by atoms with Crippen molar-refractivity contribution in [3.05, 3.63) is 42.4 Å². The lowest BCUT2D eigenvalue weighted by atomic mass is 9.78. The van der Waals surface area contributed by atoms with Crippen LogP contribution in [0.4, 0.5) is 5.82 Å². The van der Waals surface area contributed by atoms with Crippen molar-refractivity contribution >= 4 is 11.7 Å². The second-order valence-electron chi connectivity index (χ2n) is 6.17. The van der Waals surface area contributed by atoms with Crippen LogP contribution in [-0.2, 0) is 16.1 Å². The van der Waals surface area contributed by atoms with E-state index in [4.69, 9.17) is 4.74 Å². The number of rotatable bonds is 6. The zero-order valence-corrected chi connectivity index (χ0v) is 13.9. The number of hydrogen-bond acceptors (Lipinski definition) is 5. The maximum absolute atomic E-state index is 12.8. The van der Waals surface area contributed by atoms with Gasteiger partial charge in [0.25, 0.3) is 0 Å². The summed E-state index contributed by atoms with van der Waals surface area (Å²) in [4.78, 5) is 16.8. The second kappa shape index (κ2) is 7.55. The third-order valence-electron chi connectivity index (χ3n) is 4.44. The van der Waals surface area contributed by atoms with Crippen molar-refractivity contribution in [2.24, 2.45) is 5.41 Å². The molecule has 2 aromatic heterocycles. The van der Waals surface area contributed by atoms with Crippen molar-refractivity contribution < 1.29 is 9.53 Å². The van der Waals surface area contributed by atoms with Crippen LogP contribution in [0.2, 0.25) is 0 Å². The van der Waals surface area contributed by atoms with Gasteiger partial charge in [-0.2, -0.15) is 5.10 Å². The number of methoxy groups -OCH3 is 1. The molecule has 24 heavy (non-hydrogen) atoms. The first-order valence-electron chi connectivity index (χ1n) is 8.15. The molecule has 1 aliphatic rings. The number of anilines is 1. The molecule has 1 fully saturated rings. The van der Waals surface area contributed by atoms with Gasteiger partial charge in [0.2, 0.25) is 5.91 Å². The Morgan fingerprint density at radius 3 is 2.79 bits per heavy atom. The summed E-state index contributed by atoms with van der Waals surface area (Å²) in [6.07, 6.45) is 6.91. The molecule has 7 nitrogen and oxygen atoms in total. The zero-order valence-electron chi connectivity index (χ0n) is 13.9. The molecule has 0 radical (unpaired) electrons. The van der Waals surface area contributed by atoms with Crippen LogP contribution in [0.25, 0.3) is 0 Å². The minimum Gasteiger partial charge on any atom is -0.384 e. The van der Waals surface area contributed by atoms with Crippen molar-refractivity contribution in [3.8, 4) is 0 Å². The molecule has 7 heteroatoms. The minimum atomic E-state index is -0.477. The number of carbonyl (C=O) groups is 1. The smallest absolute Gasteiger partial charge is 0.234 e. The van der Waals surface area contributed by atoms with E-state index < -0.39 is 5.41 Å². The van der Waals surface area contributed by atoms with Gasteiger partial charge in [0.05, 0.1) is 18.6 Å². The maximum atomic E-state index is 12.8. The van der Waals surface area contributed by atoms with E-state index in [-0.39, 0.29) is 5.91 Å². The van der Waals surface area contributed by atoms with Crippen molar-refractivity contribution in [1.82, 2.24) is 20.1 Å². The Morgan fingerprint density at radius 1 is 1.33 bits per heavy atom. The van der Waals surface area contributed by atoms with Gasteiger partial charge in [0, 0.05) is 31.8 Å². The Morgan fingerprint density at radius 2 is 2.08 bits per heavy atom. The molecule has 1 aliphatic heterocycles. The fraction of sp³-hybridized carbons (Fsp3) is 0.471. The highest BCUT2D eigenvalue weighted by Gasteiger charge is 2.39. The quantitative estimate of drug-likeness (QED) is 0.834. The van der Waals surface area contributed by atoms with Crippen LogP contribution >= 0.6 is 0 Å². The minimum absolute atomic E-state index is 0.0139. The number of nitrogens with zero attached hydrogens (tertiary/aromatic N) is 3. The lowest BCUT2D eigenvalue weighted by Gasteiger charge is -2.35. The molecule has 1 amide bonds. The van der Waals surface area contributed by atoms with Crippen LogP contribution in [0.5, 0.6) is 0 Å². The number of pyridine rings is 1. The van der Waals surface area contributed by atoms with Gasteiger partial charge in [-0.05, 0) is 43.6 Å². The van der Waals surface area contributed by atoms with Crippen LogP contribution in [0, 0.1) is 5.41 Å². The highest BCUT2D eigenvalue weighted by Crippen LogP contribution is 2.30. The molecule has 1 saturated heterocycles. The molecule has 3 heterocycles. The van der Waals surface area contributed by atoms with Gasteiger partial charge in [-0.25, -0.2) is 0 Å². The van der Waals surface area contributed by atoms with Crippen molar-refractivity contribution in [2.45, 2.75) is 19.4 Å². The van der Waals surface area contributed by atoms with Crippen molar-refractivity contribution in [3.63, 3.8) is 0 Å². The Balaban J connectivity index is 1.66. The summed E-state index contributed by atoms with van der Waals surface area (Å²) in [5, 5.41) is 10.7. The van der Waals surface area contributed by atoms with Crippen molar-refractivity contribution in [1.29, 1.82) is 0 Å². The summed E-state index contributed by atoms with van der Waals surface area (Å²) in [6.45, 7) is 2.73. The van der Waals surface area contributed by atoms with E-state index in [1.165, 1.54) is 0 Å². The lowest BCUT2D eigenvalue weighted by Crippen LogP contribution is -2.47. The van der Waals surface area contributed by atoms with Gasteiger partial charge in [-0.1, -0.05) is 0 Å². The Labute approximate surface area is 141 Å². The molecule has 0 bridgehead atoms. The first-order chi connectivity index (χ1) is 11.7. The van der Waals surface area contributed by atoms with Gasteiger partial charge in [0.1, 0.15) is 0 Å². The molecule has 0 aromatic carbocycles. The monoisotopic (exact) mass is 329 g/mol. The molecule has 0 atom stereocenters. The third kappa shape index (κ3) is 3.80. The van der Waals surface area contributed by atoms with E-state index in [0.29, 0.717) is 19.0 Å². The summed E-state index contributed by atoms with van der Waals surface area (Å²) >= 11 is 0. The second-order valence-corrected chi connectivity index (χ2v) is 6.17. The molecule has 128 valence electrons. The molecule has 3 rings (SSSR count). The topological polar surface area (TPSA) is 81.1 Å². The van der Waals surface area contributed by atoms with Crippen LogP contribution in [0.3, 0.4) is 0 Å². The van der Waals surface area contributed by atoms with Gasteiger partial charge < -0.3 is 15.4 Å². The van der Waals surface area contributed by atoms with Crippen molar-refractivity contribution in [2.75, 3.05) is 32.1 Å². The molecule has 0 saturated carbocycles. The standard InChI is InChI=1S/C17H23N5O2/c1-24-13-17(5-9-19-10-6-17)16(23)20-15-4-11-22(21-15)12-14-2-7-18-8-3-14/h2-4,7-8,11,19H,5-6,9-10,12-13H2,1H3,(H,20,21,23). The van der Waals surface area contributed by atoms with Gasteiger partial charge >= 0.3 is 0 Å². The SMILES string of the molecule is COCC1(C(=O)Nc2ccn(Cc3ccncc3)n2)CCNCC1. The van der Waals surface area contributed by atoms with E-state index >= 15 is 0 Å². The van der Waals surface area contributed by atoms with Gasteiger partial charge in [0.15, 0.2) is 5.82 Å². The lowest BCUT2D eigenvalue weighted by molar-refractivity contribution is -0.130. The molecule has 2 aromatic rings. The Hall–Kier alpha value is -2.25. The number of aromatic nitrogens is 3. The maximum Gasteiger partial charge on any atom is 0.234 e. The molecular weight excluding hydrogens is 306 g/mol. The van der Waals surface area contributed by atoms with Crippen LogP contribution in [0.1, 0.15) is 18.4 Å². The first-order valence-corrected chi connectivity index (χ1v) is 8.15. The van der Waals surface area contributed by atoms with E-state index in [2.05, 4.69) is 20.7 Å². The van der Waals surface area contributed by atoms with Gasteiger partial charge in [-0.3, -0.25) is 14.5 Å². The van der Waals surface area contributed by atoms with Gasteiger partial charge in [-0.15, -0.1) is 0 Å². The predicted octanol–water partition coefficient (Wildman–Crippen LogP) is 1.28. The number of nitrogens with one attached hydrogen (secondary N) is 2. The van der Waals surface area contributed by atoms with Crippen LogP contribution in [0.15, 0.2) is 36.8 Å². The first kappa shape index (κ1) is 16.6. The summed E-state index contributed by atoms with van der Waals surface area (Å²) in [7, 11) is 1.64. The number of hydrogen-bond donors (Lipinski definition) is 2. The largest absolute Gasteiger partial charge is 0.384 e. The highest BCUT2D eigenvalue weighted by atomic mass is 16.5. The molecule has 0 spiro atoms. The molecule has 0 unspecified atom stereocenters. The highest BCUT2D eigenvalue weighted by molar-refractivity contribution is 5.94. The number of ether oxygens (including phenoxy) is 1. The van der Waals surface area contributed by atoms with E-state index in [9.17, 15) is 4.79 Å². The number of amides is 1. The molecular formula is C17H23N5O2. The molecule has 2 N–H and O–H groups in total. The van der Waals surface area contributed by atoms with Crippen LogP contribution in [-0.4, -0.2) is 47.5 Å². The third-order valence-corrected chi connectivity index (χ3v) is 4.44. The normalized spacial score (nSPS) is 16.7. The average molecular weight is 329 g/mol. The van der Waals surface area contributed by atoms with Crippen LogP contribution < -0.4 is 10.6 Å². The Kier molecular flexibility index (Phi) is 5.22. The Bertz CT molecular complexity index is 659. The number of piperidine rings is 1. The summed E-state index contributed by atoms with van der Waals surface area (Å²) in [5.74, 6) is 0.558. The predicted molar refractivity (Wildman–Crippen MR) is 90.6 cm³/mol. The summed E-state index contributed by atoms with van der Waals surface area (Å²) in [5.41, 5.74) is 0.634. The fourth-order valence-corrected chi connectivity index (χ4v) is 3.06. The molecule has 0 aliphatic carbocycles. The summed E-state index contributed by atoms with van der Waals surface area (Å²) < 4.78 is 7.11. The summed E-state index contributed by atoms with van der Waals surface area (Å²) in [6, 6.07) is 5.71. The van der Waals surface area contributed by atoms with E-state index in [0.717, 1.165) is 31.5 Å².